The minimum atomic E-state index is -3.81. The predicted molar refractivity (Wildman–Crippen MR) is 112 cm³/mol. The lowest BCUT2D eigenvalue weighted by atomic mass is 10.1. The molecule has 156 valence electrons. The summed E-state index contributed by atoms with van der Waals surface area (Å²) in [5.41, 5.74) is 2.15. The van der Waals surface area contributed by atoms with Crippen molar-refractivity contribution in [2.24, 2.45) is 0 Å². The quantitative estimate of drug-likeness (QED) is 0.627. The van der Waals surface area contributed by atoms with Crippen LogP contribution in [-0.2, 0) is 21.4 Å². The lowest BCUT2D eigenvalue weighted by molar-refractivity contribution is -0.117. The molecule has 1 atom stereocenters. The predicted octanol–water partition coefficient (Wildman–Crippen LogP) is 2.43. The van der Waals surface area contributed by atoms with Gasteiger partial charge >= 0.3 is 0 Å². The Hall–Kier alpha value is -3.04. The van der Waals surface area contributed by atoms with Gasteiger partial charge in [-0.1, -0.05) is 30.3 Å². The zero-order valence-corrected chi connectivity index (χ0v) is 17.4. The Kier molecular flexibility index (Phi) is 5.65. The van der Waals surface area contributed by atoms with E-state index < -0.39 is 16.1 Å². The molecule has 1 fully saturated rings. The number of anilines is 1. The van der Waals surface area contributed by atoms with Crippen molar-refractivity contribution in [1.29, 1.82) is 0 Å². The highest BCUT2D eigenvalue weighted by molar-refractivity contribution is 7.89. The molecule has 1 aliphatic rings. The second-order valence-electron chi connectivity index (χ2n) is 7.30. The van der Waals surface area contributed by atoms with Crippen LogP contribution in [0, 0.1) is 6.92 Å². The Morgan fingerprint density at radius 3 is 2.60 bits per heavy atom. The van der Waals surface area contributed by atoms with Crippen LogP contribution in [-0.4, -0.2) is 35.6 Å². The van der Waals surface area contributed by atoms with Crippen LogP contribution in [0.5, 0.6) is 0 Å². The van der Waals surface area contributed by atoms with Crippen LogP contribution in [0.1, 0.15) is 30.0 Å². The van der Waals surface area contributed by atoms with Crippen molar-refractivity contribution in [3.63, 3.8) is 0 Å². The number of hydrogen-bond donors (Lipinski definition) is 1. The molecule has 0 bridgehead atoms. The molecular weight excluding hydrogens is 402 g/mol. The zero-order valence-electron chi connectivity index (χ0n) is 16.6. The summed E-state index contributed by atoms with van der Waals surface area (Å²) < 4.78 is 30.8. The molecule has 4 rings (SSSR count). The summed E-state index contributed by atoms with van der Waals surface area (Å²) in [5, 5.41) is 4.10. The van der Waals surface area contributed by atoms with Crippen molar-refractivity contribution in [3.05, 3.63) is 72.3 Å². The normalized spacial score (nSPS) is 15.5. The van der Waals surface area contributed by atoms with Crippen LogP contribution in [0.3, 0.4) is 0 Å². The number of carbonyl (C=O) groups is 1. The highest BCUT2D eigenvalue weighted by Gasteiger charge is 2.26. The van der Waals surface area contributed by atoms with Crippen LogP contribution in [0.25, 0.3) is 0 Å². The van der Waals surface area contributed by atoms with E-state index in [1.807, 2.05) is 30.3 Å². The Bertz CT molecular complexity index is 1130. The van der Waals surface area contributed by atoms with Gasteiger partial charge in [-0.3, -0.25) is 9.48 Å². The minimum Gasteiger partial charge on any atom is -0.312 e. The van der Waals surface area contributed by atoms with Gasteiger partial charge in [0.2, 0.25) is 15.9 Å². The fraction of sp³-hybridized carbons (Fsp3) is 0.286. The maximum Gasteiger partial charge on any atom is 0.241 e. The highest BCUT2D eigenvalue weighted by atomic mass is 32.2. The van der Waals surface area contributed by atoms with E-state index in [2.05, 4.69) is 14.8 Å². The summed E-state index contributed by atoms with van der Waals surface area (Å²) >= 11 is 0. The van der Waals surface area contributed by atoms with Crippen molar-refractivity contribution in [1.82, 2.24) is 19.5 Å². The van der Waals surface area contributed by atoms with Gasteiger partial charge in [0.25, 0.3) is 0 Å². The van der Waals surface area contributed by atoms with E-state index in [-0.39, 0.29) is 10.8 Å². The van der Waals surface area contributed by atoms with Crippen LogP contribution in [0.4, 0.5) is 5.69 Å². The molecule has 1 aromatic heterocycles. The minimum absolute atomic E-state index is 0.0695. The first-order chi connectivity index (χ1) is 14.4. The molecule has 3 aromatic rings. The molecule has 0 radical (unpaired) electrons. The zero-order chi connectivity index (χ0) is 21.1. The molecule has 1 amide bonds. The van der Waals surface area contributed by atoms with E-state index in [9.17, 15) is 13.2 Å². The third kappa shape index (κ3) is 4.27. The first-order valence-corrected chi connectivity index (χ1v) is 11.2. The average molecular weight is 426 g/mol. The van der Waals surface area contributed by atoms with Crippen molar-refractivity contribution in [2.75, 3.05) is 11.4 Å². The summed E-state index contributed by atoms with van der Waals surface area (Å²) in [4.78, 5) is 17.8. The number of benzene rings is 2. The summed E-state index contributed by atoms with van der Waals surface area (Å²) in [6.07, 6.45) is 4.32. The molecule has 1 saturated heterocycles. The number of carbonyl (C=O) groups excluding carboxylic acids is 1. The van der Waals surface area contributed by atoms with Gasteiger partial charge in [0.1, 0.15) is 12.7 Å². The molecule has 2 aromatic carbocycles. The lowest BCUT2D eigenvalue weighted by Gasteiger charge is -2.21. The maximum atomic E-state index is 13.2. The third-order valence-electron chi connectivity index (χ3n) is 5.17. The summed E-state index contributed by atoms with van der Waals surface area (Å²) in [6.45, 7) is 2.72. The van der Waals surface area contributed by atoms with Crippen molar-refractivity contribution >= 4 is 21.6 Å². The van der Waals surface area contributed by atoms with Gasteiger partial charge in [0, 0.05) is 18.7 Å². The van der Waals surface area contributed by atoms with E-state index in [0.717, 1.165) is 17.7 Å². The number of nitrogens with one attached hydrogen (secondary N) is 1. The fourth-order valence-electron chi connectivity index (χ4n) is 3.69. The average Bonchev–Trinajstić information content (AvgIpc) is 3.39. The van der Waals surface area contributed by atoms with Crippen molar-refractivity contribution in [2.45, 2.75) is 37.2 Å². The summed E-state index contributed by atoms with van der Waals surface area (Å²) in [7, 11) is -3.81. The van der Waals surface area contributed by atoms with Gasteiger partial charge < -0.3 is 4.90 Å². The largest absolute Gasteiger partial charge is 0.312 e. The fourth-order valence-corrected chi connectivity index (χ4v) is 5.13. The van der Waals surface area contributed by atoms with Crippen molar-refractivity contribution < 1.29 is 13.2 Å². The molecule has 9 heteroatoms. The Morgan fingerprint density at radius 1 is 1.17 bits per heavy atom. The van der Waals surface area contributed by atoms with Crippen molar-refractivity contribution in [3.8, 4) is 0 Å². The molecular formula is C21H23N5O3S. The van der Waals surface area contributed by atoms with Crippen LogP contribution >= 0.6 is 0 Å². The van der Waals surface area contributed by atoms with Crippen LogP contribution in [0.15, 0.2) is 66.1 Å². The van der Waals surface area contributed by atoms with Crippen LogP contribution < -0.4 is 9.62 Å². The molecule has 0 saturated carbocycles. The molecule has 8 nitrogen and oxygen atoms in total. The van der Waals surface area contributed by atoms with E-state index >= 15 is 0 Å². The number of rotatable bonds is 7. The van der Waals surface area contributed by atoms with E-state index in [0.29, 0.717) is 25.1 Å². The molecule has 2 heterocycles. The first kappa shape index (κ1) is 20.2. The van der Waals surface area contributed by atoms with Gasteiger partial charge in [-0.25, -0.2) is 18.1 Å². The Labute approximate surface area is 175 Å². The van der Waals surface area contributed by atoms with Gasteiger partial charge in [-0.2, -0.15) is 5.10 Å². The molecule has 1 aliphatic heterocycles. The summed E-state index contributed by atoms with van der Waals surface area (Å²) in [6, 6.07) is 13.9. The topological polar surface area (TPSA) is 97.2 Å². The standard InChI is InChI=1S/C21H23N5O3S/c1-16-12-18(26-11-5-8-21(26)27)9-10-20(16)30(28,29)24-19(13-25-15-22-14-23-25)17-6-3-2-4-7-17/h2-4,6-7,9-10,12,14-15,19,24H,5,8,11,13H2,1H3. The van der Waals surface area contributed by atoms with Gasteiger partial charge in [-0.05, 0) is 42.7 Å². The molecule has 0 aliphatic carbocycles. The molecule has 1 unspecified atom stereocenters. The van der Waals surface area contributed by atoms with Gasteiger partial charge in [0.05, 0.1) is 17.5 Å². The highest BCUT2D eigenvalue weighted by Crippen LogP contribution is 2.27. The second-order valence-corrected chi connectivity index (χ2v) is 8.98. The second kappa shape index (κ2) is 8.37. The SMILES string of the molecule is Cc1cc(N2CCCC2=O)ccc1S(=O)(=O)NC(Cn1cncn1)c1ccccc1. The van der Waals surface area contributed by atoms with Gasteiger partial charge in [0.15, 0.2) is 0 Å². The number of nitrogens with zero attached hydrogens (tertiary/aromatic N) is 4. The number of amides is 1. The third-order valence-corrected chi connectivity index (χ3v) is 6.80. The number of hydrogen-bond acceptors (Lipinski definition) is 5. The van der Waals surface area contributed by atoms with E-state index in [1.165, 1.54) is 6.33 Å². The summed E-state index contributed by atoms with van der Waals surface area (Å²) in [5.74, 6) is 0.0695. The monoisotopic (exact) mass is 425 g/mol. The van der Waals surface area contributed by atoms with Gasteiger partial charge in [-0.15, -0.1) is 0 Å². The number of aryl methyl sites for hydroxylation is 1. The Morgan fingerprint density at radius 2 is 1.97 bits per heavy atom. The first-order valence-electron chi connectivity index (χ1n) is 9.75. The molecule has 30 heavy (non-hydrogen) atoms. The van der Waals surface area contributed by atoms with E-state index in [1.54, 1.807) is 41.0 Å². The number of sulfonamides is 1. The smallest absolute Gasteiger partial charge is 0.241 e. The number of aromatic nitrogens is 3. The lowest BCUT2D eigenvalue weighted by Crippen LogP contribution is -2.32. The Balaban J connectivity index is 1.62. The van der Waals surface area contributed by atoms with E-state index in [4.69, 9.17) is 0 Å². The molecule has 0 spiro atoms. The molecule has 1 N–H and O–H groups in total. The van der Waals surface area contributed by atoms with Crippen LogP contribution in [0.2, 0.25) is 0 Å². The maximum absolute atomic E-state index is 13.2.